The molecule has 0 spiro atoms. The molecule has 1 aliphatic rings. The zero-order valence-corrected chi connectivity index (χ0v) is 19.2. The number of nitrogens with one attached hydrogen (secondary N) is 1. The van der Waals surface area contributed by atoms with Gasteiger partial charge in [0.2, 0.25) is 15.9 Å². The quantitative estimate of drug-likeness (QED) is 0.590. The number of carbonyl (C=O) groups excluding carboxylic acids is 1. The number of fused-ring (bicyclic) bond motifs is 1. The summed E-state index contributed by atoms with van der Waals surface area (Å²) in [7, 11) is -3.67. The monoisotopic (exact) mass is 443 g/mol. The highest BCUT2D eigenvalue weighted by atomic mass is 32.2. The second kappa shape index (κ2) is 10.4. The lowest BCUT2D eigenvalue weighted by Crippen LogP contribution is -2.40. The van der Waals surface area contributed by atoms with Crippen molar-refractivity contribution >= 4 is 15.9 Å². The summed E-state index contributed by atoms with van der Waals surface area (Å²) in [6.45, 7) is 6.94. The van der Waals surface area contributed by atoms with Crippen LogP contribution in [0.25, 0.3) is 0 Å². The van der Waals surface area contributed by atoms with Crippen LogP contribution in [-0.2, 0) is 29.4 Å². The van der Waals surface area contributed by atoms with E-state index in [1.807, 2.05) is 6.07 Å². The molecule has 1 amide bonds. The van der Waals surface area contributed by atoms with Crippen LogP contribution in [0.15, 0.2) is 47.4 Å². The van der Waals surface area contributed by atoms with Crippen molar-refractivity contribution in [1.29, 1.82) is 0 Å². The Labute approximate surface area is 185 Å². The molecule has 0 heterocycles. The molecule has 2 aromatic rings. The first kappa shape index (κ1) is 23.4. The van der Waals surface area contributed by atoms with Gasteiger partial charge in [0.1, 0.15) is 0 Å². The lowest BCUT2D eigenvalue weighted by Gasteiger charge is -2.35. The molecule has 6 nitrogen and oxygen atoms in total. The van der Waals surface area contributed by atoms with Crippen LogP contribution >= 0.6 is 0 Å². The van der Waals surface area contributed by atoms with Crippen LogP contribution in [-0.4, -0.2) is 38.4 Å². The molecule has 0 fully saturated rings. The smallest absolute Gasteiger partial charge is 0.248 e. The maximum Gasteiger partial charge on any atom is 0.248 e. The first-order chi connectivity index (χ1) is 14.8. The summed E-state index contributed by atoms with van der Waals surface area (Å²) in [6, 6.07) is 12.5. The van der Waals surface area contributed by atoms with Gasteiger partial charge in [0.25, 0.3) is 0 Å². The predicted molar refractivity (Wildman–Crippen MR) is 123 cm³/mol. The molecule has 168 valence electrons. The van der Waals surface area contributed by atoms with Gasteiger partial charge in [-0.1, -0.05) is 32.0 Å². The average molecular weight is 444 g/mol. The Morgan fingerprint density at radius 1 is 1.06 bits per heavy atom. The molecule has 1 aliphatic carbocycles. The number of nitrogens with zero attached hydrogens (tertiary/aromatic N) is 1. The third kappa shape index (κ3) is 5.93. The molecule has 3 rings (SSSR count). The first-order valence-electron chi connectivity index (χ1n) is 11.1. The van der Waals surface area contributed by atoms with Gasteiger partial charge in [0.05, 0.1) is 4.90 Å². The van der Waals surface area contributed by atoms with Crippen LogP contribution in [0.1, 0.15) is 60.2 Å². The minimum absolute atomic E-state index is 0.116. The van der Waals surface area contributed by atoms with Gasteiger partial charge in [-0.25, -0.2) is 13.1 Å². The van der Waals surface area contributed by atoms with E-state index in [1.165, 1.54) is 41.8 Å². The van der Waals surface area contributed by atoms with Gasteiger partial charge in [-0.15, -0.1) is 0 Å². The van der Waals surface area contributed by atoms with Crippen molar-refractivity contribution < 1.29 is 13.2 Å². The number of primary amides is 1. The normalized spacial score (nSPS) is 16.3. The third-order valence-electron chi connectivity index (χ3n) is 5.93. The molecule has 3 N–H and O–H groups in total. The Bertz CT molecular complexity index is 997. The van der Waals surface area contributed by atoms with Crippen molar-refractivity contribution in [2.45, 2.75) is 63.4 Å². The number of carbonyl (C=O) groups is 1. The van der Waals surface area contributed by atoms with E-state index in [0.29, 0.717) is 6.04 Å². The van der Waals surface area contributed by atoms with Gasteiger partial charge in [-0.2, -0.15) is 0 Å². The van der Waals surface area contributed by atoms with Gasteiger partial charge in [-0.3, -0.25) is 4.79 Å². The highest BCUT2D eigenvalue weighted by Crippen LogP contribution is 2.26. The lowest BCUT2D eigenvalue weighted by molar-refractivity contribution is 0.1000. The van der Waals surface area contributed by atoms with E-state index in [2.05, 4.69) is 35.6 Å². The summed E-state index contributed by atoms with van der Waals surface area (Å²) in [4.78, 5) is 13.9. The van der Waals surface area contributed by atoms with E-state index in [-0.39, 0.29) is 17.0 Å². The Hall–Kier alpha value is -2.22. The summed E-state index contributed by atoms with van der Waals surface area (Å²) in [6.07, 6.45) is 5.59. The van der Waals surface area contributed by atoms with E-state index < -0.39 is 15.9 Å². The molecule has 2 aromatic carbocycles. The van der Waals surface area contributed by atoms with E-state index in [9.17, 15) is 13.2 Å². The van der Waals surface area contributed by atoms with Crippen LogP contribution in [0.3, 0.4) is 0 Å². The number of hydrogen-bond acceptors (Lipinski definition) is 4. The van der Waals surface area contributed by atoms with Gasteiger partial charge in [0.15, 0.2) is 0 Å². The predicted octanol–water partition coefficient (Wildman–Crippen LogP) is 3.24. The molecular formula is C24H33N3O3S. The van der Waals surface area contributed by atoms with E-state index in [1.54, 1.807) is 0 Å². The number of aryl methyl sites for hydroxylation is 1. The molecule has 0 saturated heterocycles. The Morgan fingerprint density at radius 2 is 1.74 bits per heavy atom. The van der Waals surface area contributed by atoms with Crippen molar-refractivity contribution in [3.63, 3.8) is 0 Å². The fourth-order valence-corrected chi connectivity index (χ4v) is 5.34. The molecule has 7 heteroatoms. The summed E-state index contributed by atoms with van der Waals surface area (Å²) >= 11 is 0. The van der Waals surface area contributed by atoms with Crippen LogP contribution < -0.4 is 10.5 Å². The molecule has 0 aliphatic heterocycles. The van der Waals surface area contributed by atoms with Crippen LogP contribution in [0.2, 0.25) is 0 Å². The van der Waals surface area contributed by atoms with Gasteiger partial charge >= 0.3 is 0 Å². The topological polar surface area (TPSA) is 92.5 Å². The fraction of sp³-hybridized carbons (Fsp3) is 0.458. The zero-order valence-electron chi connectivity index (χ0n) is 18.4. The Balaban J connectivity index is 1.68. The number of hydrogen-bond donors (Lipinski definition) is 2. The molecule has 1 atom stereocenters. The second-order valence-corrected chi connectivity index (χ2v) is 10.0. The van der Waals surface area contributed by atoms with Crippen molar-refractivity contribution in [3.05, 3.63) is 64.7 Å². The Morgan fingerprint density at radius 3 is 2.35 bits per heavy atom. The number of benzene rings is 2. The highest BCUT2D eigenvalue weighted by Gasteiger charge is 2.24. The number of rotatable bonds is 10. The molecule has 0 bridgehead atoms. The maximum atomic E-state index is 12.6. The number of nitrogens with two attached hydrogens (primary N) is 1. The minimum Gasteiger partial charge on any atom is -0.366 e. The average Bonchev–Trinajstić information content (AvgIpc) is 2.77. The van der Waals surface area contributed by atoms with Crippen LogP contribution in [0.5, 0.6) is 0 Å². The summed E-state index contributed by atoms with van der Waals surface area (Å²) in [5.41, 5.74) is 9.15. The largest absolute Gasteiger partial charge is 0.366 e. The number of sulfonamides is 1. The highest BCUT2D eigenvalue weighted by molar-refractivity contribution is 7.89. The van der Waals surface area contributed by atoms with Gasteiger partial charge < -0.3 is 10.6 Å². The van der Waals surface area contributed by atoms with Gasteiger partial charge in [-0.05, 0) is 86.1 Å². The zero-order chi connectivity index (χ0) is 22.4. The lowest BCUT2D eigenvalue weighted by atomic mass is 9.86. The Kier molecular flexibility index (Phi) is 7.86. The van der Waals surface area contributed by atoms with Gasteiger partial charge in [0, 0.05) is 18.2 Å². The molecule has 1 unspecified atom stereocenters. The van der Waals surface area contributed by atoms with Crippen LogP contribution in [0, 0.1) is 0 Å². The summed E-state index contributed by atoms with van der Waals surface area (Å²) in [5.74, 6) is -0.583. The van der Waals surface area contributed by atoms with Crippen LogP contribution in [0.4, 0.5) is 0 Å². The standard InChI is InChI=1S/C24H33N3O3S/c1-3-13-27(14-4-2)22-10-7-19-6-5-18(15-21(19)16-22)17-26-31(29,30)23-11-8-20(9-12-23)24(25)28/h5-6,8-9,11-12,15,22,26H,3-4,7,10,13-14,16-17H2,1-2H3,(H2,25,28). The molecule has 31 heavy (non-hydrogen) atoms. The summed E-state index contributed by atoms with van der Waals surface area (Å²) in [5, 5.41) is 0. The maximum absolute atomic E-state index is 12.6. The minimum atomic E-state index is -3.67. The summed E-state index contributed by atoms with van der Waals surface area (Å²) < 4.78 is 27.9. The SMILES string of the molecule is CCCN(CCC)C1CCc2ccc(CNS(=O)(=O)c3ccc(C(N)=O)cc3)cc2C1. The molecule has 0 saturated carbocycles. The molecule has 0 aromatic heterocycles. The van der Waals surface area contributed by atoms with E-state index in [0.717, 1.165) is 44.3 Å². The molecular weight excluding hydrogens is 410 g/mol. The third-order valence-corrected chi connectivity index (χ3v) is 7.34. The van der Waals surface area contributed by atoms with Crippen molar-refractivity contribution in [2.24, 2.45) is 5.73 Å². The van der Waals surface area contributed by atoms with Crippen molar-refractivity contribution in [2.75, 3.05) is 13.1 Å². The van der Waals surface area contributed by atoms with E-state index >= 15 is 0 Å². The first-order valence-corrected chi connectivity index (χ1v) is 12.6. The van der Waals surface area contributed by atoms with E-state index in [4.69, 9.17) is 5.73 Å². The van der Waals surface area contributed by atoms with Crippen molar-refractivity contribution in [1.82, 2.24) is 9.62 Å². The fourth-order valence-electron chi connectivity index (χ4n) is 4.32. The number of amides is 1. The molecule has 0 radical (unpaired) electrons. The second-order valence-electron chi connectivity index (χ2n) is 8.25. The van der Waals surface area contributed by atoms with Crippen molar-refractivity contribution in [3.8, 4) is 0 Å².